The lowest BCUT2D eigenvalue weighted by Crippen LogP contribution is -2.27. The summed E-state index contributed by atoms with van der Waals surface area (Å²) in [4.78, 5) is 11.5. The maximum atomic E-state index is 11.5. The first-order valence-electron chi connectivity index (χ1n) is 4.31. The van der Waals surface area contributed by atoms with Crippen molar-refractivity contribution in [3.05, 3.63) is 24.3 Å². The van der Waals surface area contributed by atoms with Crippen LogP contribution in [0.4, 0.5) is 0 Å². The Kier molecular flexibility index (Phi) is 2.22. The first kappa shape index (κ1) is 9.24. The van der Waals surface area contributed by atoms with E-state index < -0.39 is 0 Å². The van der Waals surface area contributed by atoms with Crippen LogP contribution in [0.1, 0.15) is 27.2 Å². The van der Waals surface area contributed by atoms with Crippen LogP contribution in [0.25, 0.3) is 0 Å². The van der Waals surface area contributed by atoms with Crippen molar-refractivity contribution in [2.75, 3.05) is 0 Å². The molecule has 0 unspecified atom stereocenters. The number of ketones is 1. The van der Waals surface area contributed by atoms with Gasteiger partial charge in [0.05, 0.1) is 0 Å². The molecular weight excluding hydrogens is 148 g/mol. The highest BCUT2D eigenvalue weighted by Gasteiger charge is 2.30. The minimum Gasteiger partial charge on any atom is -0.299 e. The predicted molar refractivity (Wildman–Crippen MR) is 50.8 cm³/mol. The molecule has 0 bridgehead atoms. The molecule has 0 aromatic carbocycles. The summed E-state index contributed by atoms with van der Waals surface area (Å²) in [7, 11) is 0. The van der Waals surface area contributed by atoms with Crippen molar-refractivity contribution in [2.24, 2.45) is 11.3 Å². The number of allylic oxidation sites excluding steroid dienone is 3. The van der Waals surface area contributed by atoms with Gasteiger partial charge in [-0.05, 0) is 20.8 Å². The third kappa shape index (κ3) is 1.66. The molecule has 1 heteroatoms. The molecule has 0 aromatic heterocycles. The summed E-state index contributed by atoms with van der Waals surface area (Å²) in [6, 6.07) is 0. The van der Waals surface area contributed by atoms with Crippen LogP contribution in [0, 0.1) is 11.3 Å². The normalized spacial score (nSPS) is 27.2. The maximum Gasteiger partial charge on any atom is 0.143 e. The summed E-state index contributed by atoms with van der Waals surface area (Å²) in [6.07, 6.45) is 4.72. The molecular formula is C11H16O. The fourth-order valence-corrected chi connectivity index (χ4v) is 1.32. The molecule has 0 amide bonds. The summed E-state index contributed by atoms with van der Waals surface area (Å²) in [5.41, 5.74) is 0.821. The van der Waals surface area contributed by atoms with Gasteiger partial charge in [0.1, 0.15) is 5.78 Å². The van der Waals surface area contributed by atoms with E-state index in [1.807, 2.05) is 26.8 Å². The second kappa shape index (κ2) is 2.89. The van der Waals surface area contributed by atoms with Crippen LogP contribution in [0.3, 0.4) is 0 Å². The van der Waals surface area contributed by atoms with Crippen molar-refractivity contribution in [1.29, 1.82) is 0 Å². The first-order chi connectivity index (χ1) is 5.43. The van der Waals surface area contributed by atoms with E-state index >= 15 is 0 Å². The molecule has 1 aliphatic carbocycles. The van der Waals surface area contributed by atoms with Gasteiger partial charge in [0.15, 0.2) is 0 Å². The molecule has 0 radical (unpaired) electrons. The standard InChI is InChI=1S/C11H16O/c1-8(2)9-5-6-11(3,4)10(12)7-9/h5-6,9H,1,7H2,2-4H3/t9-/m1/s1. The zero-order valence-electron chi connectivity index (χ0n) is 8.05. The summed E-state index contributed by atoms with van der Waals surface area (Å²) in [5, 5.41) is 0. The van der Waals surface area contributed by atoms with E-state index in [9.17, 15) is 4.79 Å². The average molecular weight is 164 g/mol. The van der Waals surface area contributed by atoms with Crippen LogP contribution in [-0.2, 0) is 4.79 Å². The molecule has 0 saturated carbocycles. The lowest BCUT2D eigenvalue weighted by Gasteiger charge is -2.27. The summed E-state index contributed by atoms with van der Waals surface area (Å²) < 4.78 is 0. The average Bonchev–Trinajstić information content (AvgIpc) is 1.94. The van der Waals surface area contributed by atoms with Crippen LogP contribution in [0.2, 0.25) is 0 Å². The Bertz CT molecular complexity index is 246. The monoisotopic (exact) mass is 164 g/mol. The molecule has 1 atom stereocenters. The topological polar surface area (TPSA) is 17.1 Å². The Morgan fingerprint density at radius 3 is 2.67 bits per heavy atom. The highest BCUT2D eigenvalue weighted by atomic mass is 16.1. The van der Waals surface area contributed by atoms with Gasteiger partial charge in [-0.25, -0.2) is 0 Å². The van der Waals surface area contributed by atoms with Crippen molar-refractivity contribution in [3.63, 3.8) is 0 Å². The number of carbonyl (C=O) groups excluding carboxylic acids is 1. The van der Waals surface area contributed by atoms with Gasteiger partial charge in [0.2, 0.25) is 0 Å². The molecule has 1 nitrogen and oxygen atoms in total. The Morgan fingerprint density at radius 1 is 1.67 bits per heavy atom. The van der Waals surface area contributed by atoms with Crippen LogP contribution < -0.4 is 0 Å². The number of rotatable bonds is 1. The summed E-state index contributed by atoms with van der Waals surface area (Å²) in [6.45, 7) is 9.75. The van der Waals surface area contributed by atoms with Crippen LogP contribution in [0.5, 0.6) is 0 Å². The fraction of sp³-hybridized carbons (Fsp3) is 0.545. The van der Waals surface area contributed by atoms with Gasteiger partial charge in [-0.15, -0.1) is 0 Å². The Hall–Kier alpha value is -0.850. The Morgan fingerprint density at radius 2 is 2.25 bits per heavy atom. The molecule has 0 aromatic rings. The molecule has 0 aliphatic heterocycles. The van der Waals surface area contributed by atoms with Gasteiger partial charge in [-0.2, -0.15) is 0 Å². The molecule has 0 spiro atoms. The SMILES string of the molecule is C=C(C)[C@@H]1C=CC(C)(C)C(=O)C1. The first-order valence-corrected chi connectivity index (χ1v) is 4.31. The second-order valence-corrected chi connectivity index (χ2v) is 4.16. The van der Waals surface area contributed by atoms with E-state index in [1.54, 1.807) is 0 Å². The van der Waals surface area contributed by atoms with Gasteiger partial charge < -0.3 is 0 Å². The number of Topliss-reactive ketones (excluding diaryl/α,β-unsaturated/α-hetero) is 1. The molecule has 0 saturated heterocycles. The van der Waals surface area contributed by atoms with Crippen LogP contribution in [0.15, 0.2) is 24.3 Å². The van der Waals surface area contributed by atoms with E-state index in [0.29, 0.717) is 12.2 Å². The molecule has 0 heterocycles. The lowest BCUT2D eigenvalue weighted by molar-refractivity contribution is -0.125. The number of hydrogen-bond donors (Lipinski definition) is 0. The minimum atomic E-state index is -0.258. The van der Waals surface area contributed by atoms with Crippen LogP contribution in [-0.4, -0.2) is 5.78 Å². The molecule has 12 heavy (non-hydrogen) atoms. The third-order valence-corrected chi connectivity index (χ3v) is 2.50. The van der Waals surface area contributed by atoms with E-state index in [1.165, 1.54) is 0 Å². The zero-order valence-corrected chi connectivity index (χ0v) is 8.05. The molecule has 0 fully saturated rings. The van der Waals surface area contributed by atoms with Gasteiger partial charge in [-0.1, -0.05) is 24.3 Å². The van der Waals surface area contributed by atoms with Crippen molar-refractivity contribution in [3.8, 4) is 0 Å². The molecule has 0 N–H and O–H groups in total. The number of carbonyl (C=O) groups is 1. The summed E-state index contributed by atoms with van der Waals surface area (Å²) in [5.74, 6) is 0.587. The van der Waals surface area contributed by atoms with Gasteiger partial charge in [0, 0.05) is 17.8 Å². The smallest absolute Gasteiger partial charge is 0.143 e. The highest BCUT2D eigenvalue weighted by Crippen LogP contribution is 2.31. The minimum absolute atomic E-state index is 0.258. The maximum absolute atomic E-state index is 11.5. The lowest BCUT2D eigenvalue weighted by atomic mass is 9.76. The zero-order chi connectivity index (χ0) is 9.35. The van der Waals surface area contributed by atoms with E-state index in [0.717, 1.165) is 5.57 Å². The fourth-order valence-electron chi connectivity index (χ4n) is 1.32. The van der Waals surface area contributed by atoms with E-state index in [2.05, 4.69) is 12.7 Å². The van der Waals surface area contributed by atoms with Gasteiger partial charge in [0.25, 0.3) is 0 Å². The molecule has 1 rings (SSSR count). The Labute approximate surface area is 74.2 Å². The van der Waals surface area contributed by atoms with Gasteiger partial charge in [-0.3, -0.25) is 4.79 Å². The van der Waals surface area contributed by atoms with Crippen molar-refractivity contribution in [1.82, 2.24) is 0 Å². The predicted octanol–water partition coefficient (Wildman–Crippen LogP) is 2.73. The number of hydrogen-bond acceptors (Lipinski definition) is 1. The highest BCUT2D eigenvalue weighted by molar-refractivity contribution is 5.87. The quantitative estimate of drug-likeness (QED) is 0.544. The second-order valence-electron chi connectivity index (χ2n) is 4.16. The van der Waals surface area contributed by atoms with Crippen LogP contribution >= 0.6 is 0 Å². The van der Waals surface area contributed by atoms with Crippen molar-refractivity contribution in [2.45, 2.75) is 27.2 Å². The van der Waals surface area contributed by atoms with Crippen molar-refractivity contribution < 1.29 is 4.79 Å². The van der Waals surface area contributed by atoms with E-state index in [4.69, 9.17) is 0 Å². The van der Waals surface area contributed by atoms with Crippen molar-refractivity contribution >= 4 is 5.78 Å². The molecule has 1 aliphatic rings. The summed E-state index contributed by atoms with van der Waals surface area (Å²) >= 11 is 0. The largest absolute Gasteiger partial charge is 0.299 e. The third-order valence-electron chi connectivity index (χ3n) is 2.50. The Balaban J connectivity index is 2.84. The molecule has 66 valence electrons. The van der Waals surface area contributed by atoms with Gasteiger partial charge >= 0.3 is 0 Å². The van der Waals surface area contributed by atoms with E-state index in [-0.39, 0.29) is 11.3 Å².